The van der Waals surface area contributed by atoms with E-state index in [2.05, 4.69) is 5.32 Å². The van der Waals surface area contributed by atoms with E-state index in [1.165, 1.54) is 0 Å². The largest absolute Gasteiger partial charge is 0.497 e. The molecule has 0 saturated carbocycles. The molecule has 128 valence electrons. The first-order valence-electron chi connectivity index (χ1n) is 7.49. The highest BCUT2D eigenvalue weighted by atomic mass is 16.5. The van der Waals surface area contributed by atoms with Gasteiger partial charge in [-0.05, 0) is 48.5 Å². The topological polar surface area (TPSA) is 77.0 Å². The molecule has 0 saturated heterocycles. The third kappa shape index (κ3) is 5.17. The van der Waals surface area contributed by atoms with Crippen LogP contribution in [0.15, 0.2) is 48.5 Å². The van der Waals surface area contributed by atoms with Crippen LogP contribution in [0, 0.1) is 0 Å². The van der Waals surface area contributed by atoms with E-state index in [-0.39, 0.29) is 19.1 Å². The third-order valence-corrected chi connectivity index (χ3v) is 3.35. The molecule has 0 aliphatic rings. The molecule has 0 aliphatic carbocycles. The van der Waals surface area contributed by atoms with Gasteiger partial charge in [0.1, 0.15) is 30.0 Å². The van der Waals surface area contributed by atoms with E-state index >= 15 is 0 Å². The fourth-order valence-electron chi connectivity index (χ4n) is 1.98. The molecule has 0 bridgehead atoms. The second kappa shape index (κ2) is 8.79. The zero-order chi connectivity index (χ0) is 17.4. The first kappa shape index (κ1) is 17.6. The number of rotatable bonds is 8. The number of methoxy groups -OCH3 is 2. The zero-order valence-electron chi connectivity index (χ0n) is 13.7. The van der Waals surface area contributed by atoms with Crippen LogP contribution in [0.5, 0.6) is 17.2 Å². The molecule has 6 heteroatoms. The summed E-state index contributed by atoms with van der Waals surface area (Å²) in [5.41, 5.74) is 0.499. The molecule has 2 rings (SSSR count). The summed E-state index contributed by atoms with van der Waals surface area (Å²) in [4.78, 5) is 12.0. The van der Waals surface area contributed by atoms with E-state index in [1.54, 1.807) is 62.8 Å². The number of carbonyl (C=O) groups excluding carboxylic acids is 1. The number of aliphatic hydroxyl groups excluding tert-OH is 1. The molecular weight excluding hydrogens is 310 g/mol. The van der Waals surface area contributed by atoms with Crippen molar-refractivity contribution in [1.82, 2.24) is 5.32 Å². The van der Waals surface area contributed by atoms with E-state index in [0.29, 0.717) is 17.1 Å². The lowest BCUT2D eigenvalue weighted by Crippen LogP contribution is -2.35. The van der Waals surface area contributed by atoms with Crippen molar-refractivity contribution < 1.29 is 24.1 Å². The number of hydrogen-bond donors (Lipinski definition) is 2. The van der Waals surface area contributed by atoms with Crippen molar-refractivity contribution in [3.8, 4) is 17.2 Å². The summed E-state index contributed by atoms with van der Waals surface area (Å²) >= 11 is 0. The Morgan fingerprint density at radius 1 is 0.958 bits per heavy atom. The molecule has 0 radical (unpaired) electrons. The van der Waals surface area contributed by atoms with E-state index in [4.69, 9.17) is 14.2 Å². The second-order valence-corrected chi connectivity index (χ2v) is 5.08. The van der Waals surface area contributed by atoms with Crippen LogP contribution in [0.3, 0.4) is 0 Å². The molecule has 0 heterocycles. The quantitative estimate of drug-likeness (QED) is 0.772. The average molecular weight is 331 g/mol. The molecule has 0 spiro atoms. The number of carbonyl (C=O) groups is 1. The molecule has 1 amide bonds. The Labute approximate surface area is 141 Å². The zero-order valence-corrected chi connectivity index (χ0v) is 13.7. The summed E-state index contributed by atoms with van der Waals surface area (Å²) in [6, 6.07) is 13.8. The maximum Gasteiger partial charge on any atom is 0.251 e. The van der Waals surface area contributed by atoms with Gasteiger partial charge in [-0.25, -0.2) is 0 Å². The Hall–Kier alpha value is -2.73. The summed E-state index contributed by atoms with van der Waals surface area (Å²) < 4.78 is 15.6. The second-order valence-electron chi connectivity index (χ2n) is 5.08. The fraction of sp³-hybridized carbons (Fsp3) is 0.278. The van der Waals surface area contributed by atoms with Gasteiger partial charge in [0.2, 0.25) is 0 Å². The Morgan fingerprint density at radius 3 is 2.00 bits per heavy atom. The molecule has 2 N–H and O–H groups in total. The molecule has 0 aromatic heterocycles. The number of nitrogens with one attached hydrogen (secondary N) is 1. The van der Waals surface area contributed by atoms with E-state index in [1.807, 2.05) is 0 Å². The minimum atomic E-state index is -0.811. The molecule has 24 heavy (non-hydrogen) atoms. The third-order valence-electron chi connectivity index (χ3n) is 3.35. The fourth-order valence-corrected chi connectivity index (χ4v) is 1.98. The molecule has 2 aromatic rings. The maximum absolute atomic E-state index is 12.0. The standard InChI is InChI=1S/C18H21NO5/c1-22-15-5-3-13(4-6-15)18(21)19-11-14(20)12-24-17-9-7-16(23-2)8-10-17/h3-10,14,20H,11-12H2,1-2H3,(H,19,21)/t14-/m1/s1. The smallest absolute Gasteiger partial charge is 0.251 e. The van der Waals surface area contributed by atoms with E-state index in [0.717, 1.165) is 5.75 Å². The summed E-state index contributed by atoms with van der Waals surface area (Å²) in [5.74, 6) is 1.77. The average Bonchev–Trinajstić information content (AvgIpc) is 2.64. The Balaban J connectivity index is 1.75. The molecule has 6 nitrogen and oxygen atoms in total. The molecule has 2 aromatic carbocycles. The molecule has 0 unspecified atom stereocenters. The lowest BCUT2D eigenvalue weighted by Gasteiger charge is -2.13. The van der Waals surface area contributed by atoms with Gasteiger partial charge in [-0.3, -0.25) is 4.79 Å². The van der Waals surface area contributed by atoms with Gasteiger partial charge in [0, 0.05) is 12.1 Å². The lowest BCUT2D eigenvalue weighted by atomic mass is 10.2. The first-order chi connectivity index (χ1) is 11.6. The highest BCUT2D eigenvalue weighted by Crippen LogP contribution is 2.17. The lowest BCUT2D eigenvalue weighted by molar-refractivity contribution is 0.0843. The van der Waals surface area contributed by atoms with Crippen LogP contribution in [0.2, 0.25) is 0 Å². The van der Waals surface area contributed by atoms with Gasteiger partial charge < -0.3 is 24.6 Å². The predicted molar refractivity (Wildman–Crippen MR) is 89.8 cm³/mol. The molecule has 1 atom stereocenters. The summed E-state index contributed by atoms with van der Waals surface area (Å²) in [7, 11) is 3.15. The van der Waals surface area contributed by atoms with Crippen LogP contribution in [0.25, 0.3) is 0 Å². The summed E-state index contributed by atoms with van der Waals surface area (Å²) in [5, 5.41) is 12.6. The summed E-state index contributed by atoms with van der Waals surface area (Å²) in [6.45, 7) is 0.177. The maximum atomic E-state index is 12.0. The predicted octanol–water partition coefficient (Wildman–Crippen LogP) is 1.87. The number of aliphatic hydroxyl groups is 1. The van der Waals surface area contributed by atoms with Crippen molar-refractivity contribution in [2.45, 2.75) is 6.10 Å². The van der Waals surface area contributed by atoms with Gasteiger partial charge in [0.15, 0.2) is 0 Å². The number of hydrogen-bond acceptors (Lipinski definition) is 5. The molecular formula is C18H21NO5. The molecule has 0 fully saturated rings. The van der Waals surface area contributed by atoms with Crippen molar-refractivity contribution in [2.24, 2.45) is 0 Å². The van der Waals surface area contributed by atoms with Crippen LogP contribution < -0.4 is 19.5 Å². The van der Waals surface area contributed by atoms with Crippen molar-refractivity contribution in [2.75, 3.05) is 27.4 Å². The van der Waals surface area contributed by atoms with Crippen molar-refractivity contribution in [3.05, 3.63) is 54.1 Å². The van der Waals surface area contributed by atoms with Crippen molar-refractivity contribution in [3.63, 3.8) is 0 Å². The van der Waals surface area contributed by atoms with Gasteiger partial charge in [0.25, 0.3) is 5.91 Å². The van der Waals surface area contributed by atoms with Gasteiger partial charge in [-0.15, -0.1) is 0 Å². The highest BCUT2D eigenvalue weighted by Gasteiger charge is 2.10. The van der Waals surface area contributed by atoms with Gasteiger partial charge in [-0.2, -0.15) is 0 Å². The van der Waals surface area contributed by atoms with Gasteiger partial charge >= 0.3 is 0 Å². The van der Waals surface area contributed by atoms with Crippen LogP contribution >= 0.6 is 0 Å². The van der Waals surface area contributed by atoms with Crippen molar-refractivity contribution in [1.29, 1.82) is 0 Å². The van der Waals surface area contributed by atoms with Crippen LogP contribution in [0.4, 0.5) is 0 Å². The van der Waals surface area contributed by atoms with Crippen LogP contribution in [0.1, 0.15) is 10.4 Å². The highest BCUT2D eigenvalue weighted by molar-refractivity contribution is 5.94. The van der Waals surface area contributed by atoms with Gasteiger partial charge in [-0.1, -0.05) is 0 Å². The summed E-state index contributed by atoms with van der Waals surface area (Å²) in [6.07, 6.45) is -0.811. The van der Waals surface area contributed by atoms with E-state index < -0.39 is 6.10 Å². The number of ether oxygens (including phenoxy) is 3. The Bertz CT molecular complexity index is 639. The Kier molecular flexibility index (Phi) is 6.45. The minimum Gasteiger partial charge on any atom is -0.497 e. The first-order valence-corrected chi connectivity index (χ1v) is 7.49. The molecule has 0 aliphatic heterocycles. The van der Waals surface area contributed by atoms with E-state index in [9.17, 15) is 9.90 Å². The monoisotopic (exact) mass is 331 g/mol. The van der Waals surface area contributed by atoms with Crippen LogP contribution in [-0.4, -0.2) is 44.5 Å². The number of amides is 1. The van der Waals surface area contributed by atoms with Crippen LogP contribution in [-0.2, 0) is 0 Å². The number of benzene rings is 2. The van der Waals surface area contributed by atoms with Gasteiger partial charge in [0.05, 0.1) is 14.2 Å². The SMILES string of the molecule is COc1ccc(OC[C@H](O)CNC(=O)c2ccc(OC)cc2)cc1. The minimum absolute atomic E-state index is 0.0786. The Morgan fingerprint density at radius 2 is 1.46 bits per heavy atom. The normalized spacial score (nSPS) is 11.5. The van der Waals surface area contributed by atoms with Crippen molar-refractivity contribution >= 4 is 5.91 Å².